The summed E-state index contributed by atoms with van der Waals surface area (Å²) in [6.07, 6.45) is 8.41. The second-order valence-electron chi connectivity index (χ2n) is 7.40. The first-order valence-corrected chi connectivity index (χ1v) is 10.4. The first kappa shape index (κ1) is 19.2. The predicted octanol–water partition coefficient (Wildman–Crippen LogP) is 6.36. The van der Waals surface area contributed by atoms with E-state index in [-0.39, 0.29) is 0 Å². The summed E-state index contributed by atoms with van der Waals surface area (Å²) in [5, 5.41) is 0. The molecule has 2 heterocycles. The Bertz CT molecular complexity index is 1070. The van der Waals surface area contributed by atoms with Crippen molar-refractivity contribution in [2.24, 2.45) is 0 Å². The molecule has 0 fully saturated rings. The number of rotatable bonds is 8. The number of ether oxygens (including phenoxy) is 1. The van der Waals surface area contributed by atoms with E-state index in [0.717, 1.165) is 46.9 Å². The first-order chi connectivity index (χ1) is 14.3. The lowest BCUT2D eigenvalue weighted by Gasteiger charge is -2.11. The summed E-state index contributed by atoms with van der Waals surface area (Å²) in [6, 6.07) is 18.7. The highest BCUT2D eigenvalue weighted by molar-refractivity contribution is 5.84. The molecule has 29 heavy (non-hydrogen) atoms. The minimum Gasteiger partial charge on any atom is -0.494 e. The molecule has 0 bridgehead atoms. The highest BCUT2D eigenvalue weighted by Gasteiger charge is 2.15. The average molecular weight is 386 g/mol. The highest BCUT2D eigenvalue weighted by Crippen LogP contribution is 2.30. The molecule has 0 saturated carbocycles. The van der Waals surface area contributed by atoms with Crippen molar-refractivity contribution in [1.82, 2.24) is 14.5 Å². The highest BCUT2D eigenvalue weighted by atomic mass is 16.5. The maximum absolute atomic E-state index is 6.03. The van der Waals surface area contributed by atoms with Crippen LogP contribution in [0.5, 0.6) is 5.75 Å². The molecular weight excluding hydrogens is 358 g/mol. The first-order valence-electron chi connectivity index (χ1n) is 10.4. The summed E-state index contributed by atoms with van der Waals surface area (Å²) in [5.41, 5.74) is 5.37. The Hall–Kier alpha value is -3.14. The molecule has 0 saturated heterocycles. The zero-order chi connectivity index (χ0) is 20.1. The molecule has 0 aliphatic rings. The molecule has 4 nitrogen and oxygen atoms in total. The van der Waals surface area contributed by atoms with Crippen LogP contribution in [0.1, 0.15) is 38.2 Å². The van der Waals surface area contributed by atoms with Gasteiger partial charge >= 0.3 is 0 Å². The average Bonchev–Trinajstić information content (AvgIpc) is 3.14. The van der Waals surface area contributed by atoms with E-state index in [9.17, 15) is 0 Å². The molecule has 0 radical (unpaired) electrons. The zero-order valence-electron chi connectivity index (χ0n) is 17.1. The second kappa shape index (κ2) is 8.91. The minimum absolute atomic E-state index is 0.751. The zero-order valence-corrected chi connectivity index (χ0v) is 17.1. The predicted molar refractivity (Wildman–Crippen MR) is 119 cm³/mol. The van der Waals surface area contributed by atoms with Gasteiger partial charge in [-0.05, 0) is 49.7 Å². The van der Waals surface area contributed by atoms with Crippen molar-refractivity contribution in [3.63, 3.8) is 0 Å². The number of fused-ring (bicyclic) bond motifs is 1. The van der Waals surface area contributed by atoms with E-state index in [0.29, 0.717) is 0 Å². The van der Waals surface area contributed by atoms with Crippen LogP contribution in [-0.4, -0.2) is 21.1 Å². The Morgan fingerprint density at radius 3 is 2.45 bits per heavy atom. The number of imidazole rings is 1. The number of hydrogen-bond acceptors (Lipinski definition) is 3. The lowest BCUT2D eigenvalue weighted by atomic mass is 10.2. The smallest absolute Gasteiger partial charge is 0.145 e. The van der Waals surface area contributed by atoms with Gasteiger partial charge in [-0.3, -0.25) is 9.55 Å². The summed E-state index contributed by atoms with van der Waals surface area (Å²) in [5.74, 6) is 1.80. The van der Waals surface area contributed by atoms with Crippen LogP contribution >= 0.6 is 0 Å². The van der Waals surface area contributed by atoms with Crippen molar-refractivity contribution >= 4 is 11.0 Å². The monoisotopic (exact) mass is 385 g/mol. The molecule has 2 aromatic carbocycles. The number of aryl methyl sites for hydroxylation is 1. The lowest BCUT2D eigenvalue weighted by molar-refractivity contribution is 0.305. The Kier molecular flexibility index (Phi) is 5.89. The number of pyridine rings is 1. The minimum atomic E-state index is 0.751. The van der Waals surface area contributed by atoms with E-state index in [2.05, 4.69) is 53.7 Å². The van der Waals surface area contributed by atoms with Gasteiger partial charge in [0.25, 0.3) is 0 Å². The van der Waals surface area contributed by atoms with Gasteiger partial charge in [0.05, 0.1) is 17.6 Å². The quantitative estimate of drug-likeness (QED) is 0.332. The largest absolute Gasteiger partial charge is 0.494 e. The summed E-state index contributed by atoms with van der Waals surface area (Å²) >= 11 is 0. The van der Waals surface area contributed by atoms with E-state index in [1.807, 2.05) is 24.3 Å². The van der Waals surface area contributed by atoms with Crippen molar-refractivity contribution in [1.29, 1.82) is 0 Å². The van der Waals surface area contributed by atoms with Crippen LogP contribution in [0.4, 0.5) is 0 Å². The third-order valence-electron chi connectivity index (χ3n) is 5.12. The van der Waals surface area contributed by atoms with Crippen LogP contribution in [0, 0.1) is 6.92 Å². The Morgan fingerprint density at radius 1 is 0.897 bits per heavy atom. The molecule has 0 aliphatic carbocycles. The van der Waals surface area contributed by atoms with Gasteiger partial charge in [-0.1, -0.05) is 43.9 Å². The van der Waals surface area contributed by atoms with E-state index < -0.39 is 0 Å². The number of unbranched alkanes of at least 4 members (excludes halogenated alkanes) is 3. The molecule has 4 heteroatoms. The normalized spacial score (nSPS) is 11.1. The second-order valence-corrected chi connectivity index (χ2v) is 7.40. The van der Waals surface area contributed by atoms with Crippen LogP contribution in [-0.2, 0) is 0 Å². The van der Waals surface area contributed by atoms with Crippen LogP contribution in [0.3, 0.4) is 0 Å². The fourth-order valence-corrected chi connectivity index (χ4v) is 3.51. The van der Waals surface area contributed by atoms with Crippen molar-refractivity contribution in [3.8, 4) is 22.8 Å². The molecule has 148 valence electrons. The molecule has 0 unspecified atom stereocenters. The molecule has 0 N–H and O–H groups in total. The summed E-state index contributed by atoms with van der Waals surface area (Å²) in [7, 11) is 0. The van der Waals surface area contributed by atoms with Crippen LogP contribution < -0.4 is 4.74 Å². The van der Waals surface area contributed by atoms with Crippen molar-refractivity contribution in [2.75, 3.05) is 6.61 Å². The molecule has 2 aromatic heterocycles. The number of hydrogen-bond donors (Lipinski definition) is 0. The molecule has 0 amide bonds. The Labute approximate surface area is 172 Å². The van der Waals surface area contributed by atoms with Gasteiger partial charge in [0.1, 0.15) is 11.6 Å². The molecule has 0 aliphatic heterocycles. The van der Waals surface area contributed by atoms with Crippen molar-refractivity contribution in [2.45, 2.75) is 39.5 Å². The molecule has 0 spiro atoms. The molecule has 0 atom stereocenters. The van der Waals surface area contributed by atoms with E-state index >= 15 is 0 Å². The Morgan fingerprint density at radius 2 is 1.69 bits per heavy atom. The Balaban J connectivity index is 1.75. The van der Waals surface area contributed by atoms with Crippen LogP contribution in [0.2, 0.25) is 0 Å². The number of benzene rings is 2. The van der Waals surface area contributed by atoms with Crippen molar-refractivity contribution in [3.05, 3.63) is 72.6 Å². The van der Waals surface area contributed by atoms with Gasteiger partial charge in [0.2, 0.25) is 0 Å². The van der Waals surface area contributed by atoms with Gasteiger partial charge in [0.15, 0.2) is 0 Å². The lowest BCUT2D eigenvalue weighted by Crippen LogP contribution is -1.99. The third-order valence-corrected chi connectivity index (χ3v) is 5.12. The number of nitrogens with zero attached hydrogens (tertiary/aromatic N) is 3. The van der Waals surface area contributed by atoms with Crippen molar-refractivity contribution < 1.29 is 4.74 Å². The van der Waals surface area contributed by atoms with Gasteiger partial charge in [-0.15, -0.1) is 0 Å². The van der Waals surface area contributed by atoms with Gasteiger partial charge in [-0.25, -0.2) is 4.98 Å². The summed E-state index contributed by atoms with van der Waals surface area (Å²) < 4.78 is 8.24. The molecule has 4 rings (SSSR count). The fourth-order valence-electron chi connectivity index (χ4n) is 3.51. The molecule has 4 aromatic rings. The van der Waals surface area contributed by atoms with Gasteiger partial charge in [0, 0.05) is 29.7 Å². The fraction of sp³-hybridized carbons (Fsp3) is 0.280. The van der Waals surface area contributed by atoms with Crippen LogP contribution in [0.25, 0.3) is 28.1 Å². The SMILES string of the molecule is CCCCCCOc1ccc2nc(-c3ccncc3)n(-c3ccc(C)cc3)c2c1. The number of aromatic nitrogens is 3. The van der Waals surface area contributed by atoms with E-state index in [1.165, 1.54) is 24.8 Å². The van der Waals surface area contributed by atoms with Gasteiger partial charge in [-0.2, -0.15) is 0 Å². The molecular formula is C25H27N3O. The standard InChI is InChI=1S/C25H27N3O/c1-3-4-5-6-17-29-22-11-12-23-24(18-22)28(21-9-7-19(2)8-10-21)25(27-23)20-13-15-26-16-14-20/h7-16,18H,3-6,17H2,1-2H3. The maximum atomic E-state index is 6.03. The van der Waals surface area contributed by atoms with Crippen LogP contribution in [0.15, 0.2) is 67.0 Å². The van der Waals surface area contributed by atoms with E-state index in [1.54, 1.807) is 12.4 Å². The third kappa shape index (κ3) is 4.32. The van der Waals surface area contributed by atoms with Gasteiger partial charge < -0.3 is 4.74 Å². The topological polar surface area (TPSA) is 39.9 Å². The van der Waals surface area contributed by atoms with E-state index in [4.69, 9.17) is 9.72 Å². The summed E-state index contributed by atoms with van der Waals surface area (Å²) in [6.45, 7) is 5.08. The summed E-state index contributed by atoms with van der Waals surface area (Å²) in [4.78, 5) is 9.07. The maximum Gasteiger partial charge on any atom is 0.145 e.